The van der Waals surface area contributed by atoms with E-state index in [2.05, 4.69) is 93.7 Å². The fourth-order valence-corrected chi connectivity index (χ4v) is 6.88. The molecule has 0 aliphatic carbocycles. The number of hydrogen-bond donors (Lipinski definition) is 0. The van der Waals surface area contributed by atoms with E-state index in [4.69, 9.17) is 14.2 Å². The summed E-state index contributed by atoms with van der Waals surface area (Å²) < 4.78 is 16.7. The van der Waals surface area contributed by atoms with Crippen molar-refractivity contribution in [3.63, 3.8) is 0 Å². The van der Waals surface area contributed by atoms with Crippen LogP contribution in [0.4, 0.5) is 0 Å². The van der Waals surface area contributed by atoms with Gasteiger partial charge in [-0.15, -0.1) is 0 Å². The van der Waals surface area contributed by atoms with Crippen LogP contribution < -0.4 is 0 Å². The molecule has 0 rings (SSSR count). The molecule has 0 fully saturated rings. The highest BCUT2D eigenvalue weighted by Crippen LogP contribution is 2.15. The predicted octanol–water partition coefficient (Wildman–Crippen LogP) is 16.6. The quantitative estimate of drug-likeness (QED) is 0.0263. The molecular weight excluding hydrogens is 757 g/mol. The largest absolute Gasteiger partial charge is 0.462 e. The summed E-state index contributed by atoms with van der Waals surface area (Å²) in [5, 5.41) is 0. The molecule has 0 aliphatic rings. The molecule has 6 nitrogen and oxygen atoms in total. The summed E-state index contributed by atoms with van der Waals surface area (Å²) in [6, 6.07) is 0. The maximum Gasteiger partial charge on any atom is 0.306 e. The molecule has 0 amide bonds. The highest BCUT2D eigenvalue weighted by molar-refractivity contribution is 5.71. The third-order valence-electron chi connectivity index (χ3n) is 10.7. The Labute approximate surface area is 376 Å². The van der Waals surface area contributed by atoms with Gasteiger partial charge in [-0.05, 0) is 83.5 Å². The second-order valence-corrected chi connectivity index (χ2v) is 16.7. The molecular formula is C55H94O6. The van der Waals surface area contributed by atoms with Crippen LogP contribution in [0.15, 0.2) is 72.9 Å². The highest BCUT2D eigenvalue weighted by Gasteiger charge is 2.19. The van der Waals surface area contributed by atoms with Crippen molar-refractivity contribution in [3.05, 3.63) is 72.9 Å². The molecule has 0 heterocycles. The first-order valence-electron chi connectivity index (χ1n) is 25.4. The van der Waals surface area contributed by atoms with Gasteiger partial charge in [-0.1, -0.05) is 209 Å². The van der Waals surface area contributed by atoms with Gasteiger partial charge < -0.3 is 14.2 Å². The van der Waals surface area contributed by atoms with Gasteiger partial charge in [-0.3, -0.25) is 14.4 Å². The van der Waals surface area contributed by atoms with Crippen LogP contribution in [0.3, 0.4) is 0 Å². The van der Waals surface area contributed by atoms with Gasteiger partial charge in [0, 0.05) is 19.3 Å². The van der Waals surface area contributed by atoms with Crippen LogP contribution in [0.25, 0.3) is 0 Å². The minimum absolute atomic E-state index is 0.108. The van der Waals surface area contributed by atoms with E-state index < -0.39 is 6.10 Å². The molecule has 0 bridgehead atoms. The molecule has 0 spiro atoms. The third-order valence-corrected chi connectivity index (χ3v) is 10.7. The average molecular weight is 851 g/mol. The lowest BCUT2D eigenvalue weighted by atomic mass is 10.0. The average Bonchev–Trinajstić information content (AvgIpc) is 3.26. The van der Waals surface area contributed by atoms with Gasteiger partial charge in [0.25, 0.3) is 0 Å². The number of esters is 3. The number of hydrogen-bond acceptors (Lipinski definition) is 6. The van der Waals surface area contributed by atoms with Gasteiger partial charge in [0.05, 0.1) is 0 Å². The number of carbonyl (C=O) groups excluding carboxylic acids is 3. The van der Waals surface area contributed by atoms with Gasteiger partial charge >= 0.3 is 17.9 Å². The van der Waals surface area contributed by atoms with Crippen molar-refractivity contribution in [1.82, 2.24) is 0 Å². The van der Waals surface area contributed by atoms with Crippen molar-refractivity contribution < 1.29 is 28.6 Å². The number of unbranched alkanes of at least 4 members (excludes halogenated alkanes) is 22. The second-order valence-electron chi connectivity index (χ2n) is 16.7. The van der Waals surface area contributed by atoms with Gasteiger partial charge in [0.2, 0.25) is 0 Å². The maximum absolute atomic E-state index is 12.8. The minimum Gasteiger partial charge on any atom is -0.462 e. The van der Waals surface area contributed by atoms with E-state index in [0.29, 0.717) is 19.3 Å². The van der Waals surface area contributed by atoms with Gasteiger partial charge in [0.1, 0.15) is 13.2 Å². The zero-order valence-corrected chi connectivity index (χ0v) is 39.9. The van der Waals surface area contributed by atoms with E-state index in [0.717, 1.165) is 77.0 Å². The summed E-state index contributed by atoms with van der Waals surface area (Å²) in [5.74, 6) is -0.997. The normalized spacial score (nSPS) is 12.6. The van der Waals surface area contributed by atoms with E-state index in [1.807, 2.05) is 0 Å². The highest BCUT2D eigenvalue weighted by atomic mass is 16.6. The molecule has 0 aromatic carbocycles. The Morgan fingerprint density at radius 2 is 0.656 bits per heavy atom. The van der Waals surface area contributed by atoms with Crippen molar-refractivity contribution in [2.75, 3.05) is 13.2 Å². The fraction of sp³-hybridized carbons (Fsp3) is 0.727. The first-order valence-corrected chi connectivity index (χ1v) is 25.4. The van der Waals surface area contributed by atoms with Crippen LogP contribution in [0, 0.1) is 0 Å². The van der Waals surface area contributed by atoms with E-state index in [-0.39, 0.29) is 37.5 Å². The van der Waals surface area contributed by atoms with Crippen LogP contribution >= 0.6 is 0 Å². The molecule has 61 heavy (non-hydrogen) atoms. The summed E-state index contributed by atoms with van der Waals surface area (Å²) in [5.41, 5.74) is 0. The van der Waals surface area contributed by atoms with Crippen molar-refractivity contribution in [1.29, 1.82) is 0 Å². The minimum atomic E-state index is -0.807. The Balaban J connectivity index is 4.41. The molecule has 0 aromatic rings. The van der Waals surface area contributed by atoms with Crippen LogP contribution in [0.1, 0.15) is 239 Å². The molecule has 1 atom stereocenters. The smallest absolute Gasteiger partial charge is 0.306 e. The Morgan fingerprint density at radius 3 is 1.10 bits per heavy atom. The van der Waals surface area contributed by atoms with Gasteiger partial charge in [-0.25, -0.2) is 0 Å². The monoisotopic (exact) mass is 851 g/mol. The van der Waals surface area contributed by atoms with Crippen molar-refractivity contribution in [3.8, 4) is 0 Å². The summed E-state index contributed by atoms with van der Waals surface area (Å²) in [7, 11) is 0. The zero-order valence-electron chi connectivity index (χ0n) is 39.9. The third kappa shape index (κ3) is 47.7. The molecule has 0 saturated carbocycles. The Hall–Kier alpha value is -3.15. The summed E-state index contributed by atoms with van der Waals surface area (Å²) in [6.07, 6.45) is 61.9. The van der Waals surface area contributed by atoms with Gasteiger partial charge in [-0.2, -0.15) is 0 Å². The van der Waals surface area contributed by atoms with E-state index in [1.165, 1.54) is 116 Å². The molecule has 0 N–H and O–H groups in total. The molecule has 1 unspecified atom stereocenters. The number of rotatable bonds is 45. The van der Waals surface area contributed by atoms with Crippen LogP contribution in [-0.2, 0) is 28.6 Å². The van der Waals surface area contributed by atoms with Crippen LogP contribution in [0.2, 0.25) is 0 Å². The predicted molar refractivity (Wildman–Crippen MR) is 261 cm³/mol. The number of carbonyl (C=O) groups is 3. The lowest BCUT2D eigenvalue weighted by molar-refractivity contribution is -0.167. The lowest BCUT2D eigenvalue weighted by Crippen LogP contribution is -2.30. The van der Waals surface area contributed by atoms with Crippen molar-refractivity contribution >= 4 is 17.9 Å². The SMILES string of the molecule is CC/C=C\C/C=C\CCCCC(=O)OCC(COC(=O)CCC/C=C\C/C=C\C/C=C\C/C=C\CCCCC)OC(=O)CCCCCCCCCCCCCCCCCCC. The zero-order chi connectivity index (χ0) is 44.4. The topological polar surface area (TPSA) is 78.9 Å². The number of ether oxygens (including phenoxy) is 3. The Kier molecular flexibility index (Phi) is 46.9. The van der Waals surface area contributed by atoms with E-state index in [9.17, 15) is 14.4 Å². The maximum atomic E-state index is 12.8. The van der Waals surface area contributed by atoms with Crippen LogP contribution in [-0.4, -0.2) is 37.2 Å². The van der Waals surface area contributed by atoms with E-state index >= 15 is 0 Å². The standard InChI is InChI=1S/C55H94O6/c1-4-7-10-13-16-19-21-23-25-27-29-31-33-36-39-42-45-48-54(57)60-51-52(50-59-53(56)47-44-41-38-35-18-15-12-9-6-3)61-55(58)49-46-43-40-37-34-32-30-28-26-24-22-20-17-14-11-8-5-2/h9,12,16,18-19,23,25,29,31,35-36,39,52H,4-8,10-11,13-15,17,20-22,24,26-28,30,32-34,37-38,40-51H2,1-3H3/b12-9-,19-16-,25-23-,31-29-,35-18-,39-36-. The molecule has 0 aliphatic heterocycles. The fourth-order valence-electron chi connectivity index (χ4n) is 6.88. The molecule has 350 valence electrons. The Bertz CT molecular complexity index is 1160. The summed E-state index contributed by atoms with van der Waals surface area (Å²) in [4.78, 5) is 37.8. The number of allylic oxidation sites excluding steroid dienone is 12. The summed E-state index contributed by atoms with van der Waals surface area (Å²) >= 11 is 0. The first kappa shape index (κ1) is 57.9. The molecule has 0 saturated heterocycles. The van der Waals surface area contributed by atoms with Crippen molar-refractivity contribution in [2.24, 2.45) is 0 Å². The molecule has 0 aromatic heterocycles. The van der Waals surface area contributed by atoms with Gasteiger partial charge in [0.15, 0.2) is 6.10 Å². The van der Waals surface area contributed by atoms with Crippen molar-refractivity contribution in [2.45, 2.75) is 245 Å². The summed E-state index contributed by atoms with van der Waals surface area (Å²) in [6.45, 7) is 6.41. The molecule has 0 radical (unpaired) electrons. The van der Waals surface area contributed by atoms with Crippen LogP contribution in [0.5, 0.6) is 0 Å². The Morgan fingerprint density at radius 1 is 0.344 bits per heavy atom. The molecule has 6 heteroatoms. The second kappa shape index (κ2) is 49.5. The first-order chi connectivity index (χ1) is 30.0. The van der Waals surface area contributed by atoms with E-state index in [1.54, 1.807) is 0 Å². The lowest BCUT2D eigenvalue weighted by Gasteiger charge is -2.18.